The predicted octanol–water partition coefficient (Wildman–Crippen LogP) is 13.6. The zero-order chi connectivity index (χ0) is 83.5. The summed E-state index contributed by atoms with van der Waals surface area (Å²) in [6, 6.07) is 149. The zero-order valence-corrected chi connectivity index (χ0v) is 80.3. The fourth-order valence-electron chi connectivity index (χ4n) is 11.7. The number of para-hydroxylation sites is 2. The van der Waals surface area contributed by atoms with Gasteiger partial charge in [-0.05, 0) is 180 Å². The van der Waals surface area contributed by atoms with Crippen molar-refractivity contribution in [3.05, 3.63) is 473 Å². The third-order valence-corrected chi connectivity index (χ3v) is 28.7. The molecule has 7 nitrogen and oxygen atoms in total. The molecule has 0 bridgehead atoms. The molecule has 2 N–H and O–H groups in total. The average Bonchev–Trinajstić information content (AvgIpc) is 0.816. The Hall–Kier alpha value is -7.92. The summed E-state index contributed by atoms with van der Waals surface area (Å²) in [7, 11) is -0.271. The first-order chi connectivity index (χ1) is 57.7. The Balaban J connectivity index is 0.000000252. The fraction of sp³-hybridized carbons (Fsp3) is 0.0202. The van der Waals surface area contributed by atoms with E-state index in [1.807, 2.05) is 0 Å². The summed E-state index contributed by atoms with van der Waals surface area (Å²) in [5.41, 5.74) is 1.09. The summed E-state index contributed by atoms with van der Waals surface area (Å²) in [5.74, 6) is -2.52. The van der Waals surface area contributed by atoms with Gasteiger partial charge in [-0.2, -0.15) is 0 Å². The predicted molar refractivity (Wildman–Crippen MR) is 499 cm³/mol. The number of rotatable bonds is 17. The zero-order valence-electron chi connectivity index (χ0n) is 67.4. The number of methoxy groups -OCH3 is 2. The second kappa shape index (κ2) is 57.5. The van der Waals surface area contributed by atoms with Crippen molar-refractivity contribution in [3.63, 3.8) is 0 Å². The summed E-state index contributed by atoms with van der Waals surface area (Å²) in [6.45, 7) is -0.181. The number of benzene rings is 16. The van der Waals surface area contributed by atoms with Gasteiger partial charge in [-0.1, -0.05) is 400 Å². The van der Waals surface area contributed by atoms with Crippen LogP contribution in [0.4, 0.5) is 17.6 Å². The molecule has 121 heavy (non-hydrogen) atoms. The molecule has 0 unspecified atom stereocenters. The van der Waals surface area contributed by atoms with Crippen LogP contribution in [0.25, 0.3) is 11.1 Å². The third-order valence-electron chi connectivity index (χ3n) is 17.0. The topological polar surface area (TPSA) is 108 Å². The number of carbonyl (C=O) groups is 1. The van der Waals surface area contributed by atoms with Crippen LogP contribution in [-0.2, 0) is 30.1 Å². The van der Waals surface area contributed by atoms with E-state index in [1.165, 1.54) is 102 Å². The van der Waals surface area contributed by atoms with Gasteiger partial charge in [0.25, 0.3) is 6.47 Å². The van der Waals surface area contributed by atoms with Gasteiger partial charge in [0.15, 0.2) is 23.3 Å². The quantitative estimate of drug-likeness (QED) is 0.0137. The van der Waals surface area contributed by atoms with Crippen LogP contribution < -0.4 is 143 Å². The van der Waals surface area contributed by atoms with Gasteiger partial charge in [-0.15, -0.1) is 0 Å². The van der Waals surface area contributed by atoms with Crippen LogP contribution >= 0.6 is 79.5 Å². The first kappa shape index (κ1) is 102. The van der Waals surface area contributed by atoms with Crippen LogP contribution in [0.2, 0.25) is 0 Å². The van der Waals surface area contributed by atoms with Crippen LogP contribution in [0.1, 0.15) is 1.43 Å². The molecule has 0 saturated heterocycles. The molecule has 0 aliphatic heterocycles. The Morgan fingerprint density at radius 1 is 0.281 bits per heavy atom. The molecule has 0 fully saturated rings. The minimum atomic E-state index is -1.47. The van der Waals surface area contributed by atoms with Crippen molar-refractivity contribution in [1.29, 1.82) is 0 Å². The van der Waals surface area contributed by atoms with E-state index in [-0.39, 0.29) is 106 Å². The maximum atomic E-state index is 13.8. The first-order valence-corrected chi connectivity index (χ1v) is 44.6. The average molecular weight is 1990 g/mol. The smallest absolute Gasteiger partial charge is 1.00 e. The molecule has 0 aliphatic carbocycles. The molecule has 0 spiro atoms. The number of halogens is 7. The van der Waals surface area contributed by atoms with Gasteiger partial charge in [-0.3, -0.25) is 4.79 Å². The molecule has 16 aromatic carbocycles. The van der Waals surface area contributed by atoms with E-state index >= 15 is 0 Å². The molecule has 0 atom stereocenters. The molecular weight excluding hydrogens is 1900 g/mol. The number of ether oxygens (including phenoxy) is 2. The first-order valence-electron chi connectivity index (χ1n) is 36.8. The fourth-order valence-corrected chi connectivity index (χ4v) is 21.8. The summed E-state index contributed by atoms with van der Waals surface area (Å²) in [5, 5.41) is 42.8. The summed E-state index contributed by atoms with van der Waals surface area (Å²) in [6.07, 6.45) is 0. The van der Waals surface area contributed by atoms with Crippen molar-refractivity contribution >= 4 is 162 Å². The van der Waals surface area contributed by atoms with Gasteiger partial charge in [0.05, 0.1) is 27.6 Å². The molecular formula is C99H82BBr3F4Na2O7P4Pd. The van der Waals surface area contributed by atoms with E-state index in [0.717, 1.165) is 0 Å². The van der Waals surface area contributed by atoms with Crippen molar-refractivity contribution in [2.75, 3.05) is 14.2 Å². The molecule has 0 saturated carbocycles. The maximum absolute atomic E-state index is 13.8. The van der Waals surface area contributed by atoms with Gasteiger partial charge in [0.1, 0.15) is 11.5 Å². The van der Waals surface area contributed by atoms with E-state index in [4.69, 9.17) is 29.6 Å². The maximum Gasteiger partial charge on any atom is 1.00 e. The van der Waals surface area contributed by atoms with Gasteiger partial charge in [0.2, 0.25) is 0 Å². The van der Waals surface area contributed by atoms with Crippen molar-refractivity contribution in [2.45, 2.75) is 0 Å². The Bertz CT molecular complexity index is 4670. The second-order valence-corrected chi connectivity index (χ2v) is 36.2. The standard InChI is InChI=1S/4C18H15P.C13H9BrF2O.C7H9BO3.C6H2Br2F2.CH2O3.2Na.Pd.H/c4*1-4-10-16(11-5-1)19(17-12-6-2-7-13-17)18-14-8-3-9-15-18;1-17-11-5-3-2-4-8(11)9-6-7-10(14)13(16)12(9)15;1-11-7-5-3-2-4-6(7)8(9)10;7-3-1-2-4(8)6(10)5(3)9;2-1-4-3;;;;/h4*1-15H;2-7H,1H3;2-5,9-10H,1H3;1-2H;1,3H;;;;/q;;;;;;;;2*+1;;-1/p-1. The summed E-state index contributed by atoms with van der Waals surface area (Å²) < 4.78 is 62.7. The van der Waals surface area contributed by atoms with Crippen molar-refractivity contribution < 1.29 is 133 Å². The second-order valence-electron chi connectivity index (χ2n) is 24.8. The van der Waals surface area contributed by atoms with E-state index < -0.39 is 62.1 Å². The van der Waals surface area contributed by atoms with Crippen molar-refractivity contribution in [3.8, 4) is 22.6 Å². The Kier molecular flexibility index (Phi) is 48.4. The largest absolute Gasteiger partial charge is 1.00 e. The van der Waals surface area contributed by atoms with Gasteiger partial charge in [-0.25, -0.2) is 17.6 Å². The van der Waals surface area contributed by atoms with E-state index in [9.17, 15) is 17.6 Å². The normalized spacial score (nSPS) is 9.95. The minimum Gasteiger partial charge on any atom is -1.00 e. The van der Waals surface area contributed by atoms with Crippen LogP contribution in [0, 0.1) is 23.3 Å². The Morgan fingerprint density at radius 2 is 0.455 bits per heavy atom. The van der Waals surface area contributed by atoms with Gasteiger partial charge < -0.3 is 31.1 Å². The molecule has 0 radical (unpaired) electrons. The molecule has 16 rings (SSSR count). The number of carbonyl (C=O) groups excluding carboxylic acids is 1. The van der Waals surface area contributed by atoms with Crippen LogP contribution in [0.5, 0.6) is 11.5 Å². The van der Waals surface area contributed by atoms with Gasteiger partial charge >= 0.3 is 66.2 Å². The Labute approximate surface area is 796 Å². The van der Waals surface area contributed by atoms with E-state index in [1.54, 1.807) is 48.5 Å². The molecule has 22 heteroatoms. The third kappa shape index (κ3) is 32.3. The molecule has 0 aliphatic rings. The van der Waals surface area contributed by atoms with Gasteiger partial charge in [0, 0.05) is 37.0 Å². The summed E-state index contributed by atoms with van der Waals surface area (Å²) in [4.78, 5) is 11.2. The minimum absolute atomic E-state index is 0. The summed E-state index contributed by atoms with van der Waals surface area (Å²) >= 11 is 8.63. The van der Waals surface area contributed by atoms with E-state index in [2.05, 4.69) is 417 Å². The molecule has 0 amide bonds. The Morgan fingerprint density at radius 3 is 0.645 bits per heavy atom. The van der Waals surface area contributed by atoms with E-state index in [0.29, 0.717) is 22.5 Å². The molecule has 16 aromatic rings. The van der Waals surface area contributed by atoms with Crippen LogP contribution in [0.3, 0.4) is 0 Å². The van der Waals surface area contributed by atoms with Crippen molar-refractivity contribution in [2.24, 2.45) is 0 Å². The van der Waals surface area contributed by atoms with Crippen LogP contribution in [-0.4, -0.2) is 37.9 Å². The SMILES string of the molecule is COc1ccccc1-c1ccc(Br)c(F)c1F.COc1ccccc1B(O)O.Fc1c(Br)ccc(Br)c1F.O=CO[O-].[H-].[Na+].[Na+].[Pd].c1ccc(P(c2ccccc2)c2ccccc2)cc1.c1ccc(P(c2ccccc2)c2ccccc2)cc1.c1ccc(P(c2ccccc2)c2ccccc2)cc1.c1ccc(P(c2ccccc2)c2ccccc2)cc1. The molecule has 0 heterocycles. The number of hydrogen-bond donors (Lipinski definition) is 2. The van der Waals surface area contributed by atoms with Crippen LogP contribution in [0.15, 0.2) is 450 Å². The molecule has 0 aromatic heterocycles. The molecule has 604 valence electrons. The monoisotopic (exact) mass is 1980 g/mol. The number of hydrogen-bond acceptors (Lipinski definition) is 7. The van der Waals surface area contributed by atoms with Crippen molar-refractivity contribution in [1.82, 2.24) is 0 Å².